The van der Waals surface area contributed by atoms with Gasteiger partial charge < -0.3 is 0 Å². The summed E-state index contributed by atoms with van der Waals surface area (Å²) in [5.74, 6) is -34.8. The van der Waals surface area contributed by atoms with Crippen molar-refractivity contribution in [3.8, 4) is 0 Å². The summed E-state index contributed by atoms with van der Waals surface area (Å²) < 4.78 is 213. The van der Waals surface area contributed by atoms with E-state index in [0.29, 0.717) is 0 Å². The van der Waals surface area contributed by atoms with Crippen molar-refractivity contribution in [2.45, 2.75) is 114 Å². The van der Waals surface area contributed by atoms with Gasteiger partial charge in [0.15, 0.2) is 0 Å². The molecule has 1 saturated carbocycles. The lowest BCUT2D eigenvalue weighted by Crippen LogP contribution is -2.83. The molecule has 0 aliphatic heterocycles. The highest BCUT2D eigenvalue weighted by molar-refractivity contribution is 5.28. The largest absolute Gasteiger partial charge is 0.371 e. The summed E-state index contributed by atoms with van der Waals surface area (Å²) in [5.41, 5.74) is -7.60. The fraction of sp³-hybridized carbons (Fsp3) is 1.00. The molecule has 0 aromatic rings. The molecule has 0 aromatic carbocycles. The van der Waals surface area contributed by atoms with E-state index in [1.165, 1.54) is 0 Å². The van der Waals surface area contributed by atoms with Crippen molar-refractivity contribution in [2.24, 2.45) is 0 Å². The van der Waals surface area contributed by atoms with Crippen molar-refractivity contribution in [1.29, 1.82) is 0 Å². The van der Waals surface area contributed by atoms with Crippen LogP contribution in [0, 0.1) is 0 Å². The van der Waals surface area contributed by atoms with Gasteiger partial charge in [0.05, 0.1) is 0 Å². The molecule has 0 saturated heterocycles. The number of rotatable bonds is 3. The van der Waals surface area contributed by atoms with Crippen LogP contribution in [0.5, 0.6) is 0 Å². The SMILES string of the molecule is CC(C)(F)F.CC(F)(F)C(C)(F)F.CC(F)(F)C(F)(F)C(C)(F)F.CC1(F)C(C)(F)C(F)(F)C1(F)F. The minimum Gasteiger partial charge on any atom is -0.233 e. The molecule has 1 aliphatic rings. The first-order valence-electron chi connectivity index (χ1n) is 9.15. The van der Waals surface area contributed by atoms with Gasteiger partial charge in [0.2, 0.25) is 17.3 Å². The van der Waals surface area contributed by atoms with Crippen LogP contribution in [0.2, 0.25) is 0 Å². The molecule has 1 aliphatic carbocycles. The normalized spacial score (nSPS) is 26.2. The van der Waals surface area contributed by atoms with E-state index in [-0.39, 0.29) is 41.5 Å². The molecule has 1 fully saturated rings. The smallest absolute Gasteiger partial charge is 0.233 e. The summed E-state index contributed by atoms with van der Waals surface area (Å²) in [6, 6.07) is 0. The molecule has 0 aromatic heterocycles. The van der Waals surface area contributed by atoms with Gasteiger partial charge in [-0.2, -0.15) is 43.9 Å². The van der Waals surface area contributed by atoms with Crippen LogP contribution in [0.15, 0.2) is 0 Å². The Kier molecular flexibility index (Phi) is 11.4. The van der Waals surface area contributed by atoms with E-state index < -0.39 is 58.7 Å². The van der Waals surface area contributed by atoms with Gasteiger partial charge in [-0.25, -0.2) is 35.1 Å². The van der Waals surface area contributed by atoms with E-state index in [9.17, 15) is 79.0 Å². The maximum atomic E-state index is 12.7. The molecule has 2 unspecified atom stereocenters. The minimum absolute atomic E-state index is 0.129. The molecule has 222 valence electrons. The van der Waals surface area contributed by atoms with E-state index in [1.807, 2.05) is 0 Å². The van der Waals surface area contributed by atoms with Crippen molar-refractivity contribution in [3.63, 3.8) is 0 Å². The lowest BCUT2D eigenvalue weighted by atomic mass is 9.63. The predicted octanol–water partition coefficient (Wildman–Crippen LogP) is 9.62. The topological polar surface area (TPSA) is 0 Å². The van der Waals surface area contributed by atoms with Gasteiger partial charge in [0.1, 0.15) is 0 Å². The molecule has 0 radical (unpaired) electrons. The monoisotopic (exact) mass is 582 g/mol. The molecule has 2 atom stereocenters. The van der Waals surface area contributed by atoms with Gasteiger partial charge in [0, 0.05) is 27.7 Å². The number of hydrogen-bond acceptors (Lipinski definition) is 0. The Bertz CT molecular complexity index is 579. The summed E-state index contributed by atoms with van der Waals surface area (Å²) in [7, 11) is 0. The third-order valence-corrected chi connectivity index (χ3v) is 4.33. The zero-order valence-electron chi connectivity index (χ0n) is 19.8. The summed E-state index contributed by atoms with van der Waals surface area (Å²) in [5, 5.41) is 0. The van der Waals surface area contributed by atoms with E-state index in [1.54, 1.807) is 0 Å². The molecule has 36 heavy (non-hydrogen) atoms. The number of hydrogen-bond donors (Lipinski definition) is 0. The summed E-state index contributed by atoms with van der Waals surface area (Å²) in [6.45, 7) is 1.85. The second-order valence-corrected chi connectivity index (χ2v) is 8.61. The van der Waals surface area contributed by atoms with Crippen LogP contribution in [0.25, 0.3) is 0 Å². The van der Waals surface area contributed by atoms with Crippen LogP contribution in [0.4, 0.5) is 79.0 Å². The first-order chi connectivity index (χ1) is 14.8. The second kappa shape index (κ2) is 10.5. The third-order valence-electron chi connectivity index (χ3n) is 4.33. The molecule has 0 amide bonds. The zero-order chi connectivity index (χ0) is 31.0. The fourth-order valence-electron chi connectivity index (χ4n) is 1.50. The summed E-state index contributed by atoms with van der Waals surface area (Å²) in [6.07, 6.45) is 0. The van der Waals surface area contributed by atoms with Crippen LogP contribution in [0.3, 0.4) is 0 Å². The molecular weight excluding hydrogens is 558 g/mol. The second-order valence-electron chi connectivity index (χ2n) is 8.61. The van der Waals surface area contributed by atoms with Crippen LogP contribution in [0.1, 0.15) is 55.4 Å². The van der Waals surface area contributed by atoms with Crippen molar-refractivity contribution >= 4 is 0 Å². The Labute approximate surface area is 194 Å². The average Bonchev–Trinajstić information content (AvgIpc) is 2.49. The Hall–Kier alpha value is -1.26. The molecule has 1 rings (SSSR count). The molecule has 0 heterocycles. The Morgan fingerprint density at radius 2 is 0.500 bits per heavy atom. The highest BCUT2D eigenvalue weighted by atomic mass is 19.4. The first kappa shape index (κ1) is 39.3. The highest BCUT2D eigenvalue weighted by Crippen LogP contribution is 2.67. The maximum absolute atomic E-state index is 12.7. The Morgan fingerprint density at radius 3 is 0.528 bits per heavy atom. The molecule has 0 N–H and O–H groups in total. The minimum atomic E-state index is -5.29. The van der Waals surface area contributed by atoms with Gasteiger partial charge in [0.25, 0.3) is 0 Å². The van der Waals surface area contributed by atoms with Crippen LogP contribution >= 0.6 is 0 Å². The quantitative estimate of drug-likeness (QED) is 0.291. The van der Waals surface area contributed by atoms with Crippen molar-refractivity contribution in [3.05, 3.63) is 0 Å². The lowest BCUT2D eigenvalue weighted by molar-refractivity contribution is -0.427. The summed E-state index contributed by atoms with van der Waals surface area (Å²) >= 11 is 0. The predicted molar refractivity (Wildman–Crippen MR) is 92.6 cm³/mol. The average molecular weight is 582 g/mol. The summed E-state index contributed by atoms with van der Waals surface area (Å²) in [4.78, 5) is 0. The van der Waals surface area contributed by atoms with Gasteiger partial charge in [-0.3, -0.25) is 0 Å². The molecule has 0 spiro atoms. The number of alkyl halides is 18. The Balaban J connectivity index is -0.000000422. The maximum Gasteiger partial charge on any atom is 0.371 e. The van der Waals surface area contributed by atoms with Crippen molar-refractivity contribution in [1.82, 2.24) is 0 Å². The van der Waals surface area contributed by atoms with Crippen molar-refractivity contribution < 1.29 is 79.0 Å². The van der Waals surface area contributed by atoms with Crippen LogP contribution in [-0.4, -0.2) is 58.7 Å². The molecule has 18 heteroatoms. The molecule has 0 nitrogen and oxygen atoms in total. The van der Waals surface area contributed by atoms with E-state index >= 15 is 0 Å². The van der Waals surface area contributed by atoms with Gasteiger partial charge in [-0.05, 0) is 27.7 Å². The third kappa shape index (κ3) is 8.65. The highest BCUT2D eigenvalue weighted by Gasteiger charge is 2.94. The fourth-order valence-corrected chi connectivity index (χ4v) is 1.50. The first-order valence-corrected chi connectivity index (χ1v) is 9.15. The molecular formula is C18H24F18. The van der Waals surface area contributed by atoms with E-state index in [0.717, 1.165) is 13.8 Å². The van der Waals surface area contributed by atoms with Crippen molar-refractivity contribution in [2.75, 3.05) is 0 Å². The zero-order valence-corrected chi connectivity index (χ0v) is 19.8. The Morgan fingerprint density at radius 1 is 0.361 bits per heavy atom. The standard InChI is InChI=1S/C6H6F6.C5H6F6.C4H6F4.C3H6F2/c1-3(7)4(2,8)6(11,12)5(3,9)10;1-3(6,7)5(10,11)4(2,8)9;1-3(5,6)4(2,7)8;1-3(2,4)5/h1-2H3;1-2H3;1-2H3;1-2H3. The van der Waals surface area contributed by atoms with E-state index in [4.69, 9.17) is 0 Å². The number of halogens is 18. The molecule has 0 bridgehead atoms. The van der Waals surface area contributed by atoms with Gasteiger partial charge >= 0.3 is 41.5 Å². The van der Waals surface area contributed by atoms with Gasteiger partial charge in [-0.1, -0.05) is 0 Å². The van der Waals surface area contributed by atoms with Crippen LogP contribution in [-0.2, 0) is 0 Å². The van der Waals surface area contributed by atoms with Crippen LogP contribution < -0.4 is 0 Å². The van der Waals surface area contributed by atoms with E-state index in [2.05, 4.69) is 0 Å². The van der Waals surface area contributed by atoms with Gasteiger partial charge in [-0.15, -0.1) is 0 Å². The lowest BCUT2D eigenvalue weighted by Gasteiger charge is -2.55.